The Bertz CT molecular complexity index is 183. The lowest BCUT2D eigenvalue weighted by Crippen LogP contribution is -2.07. The number of alkyl halides is 1. The van der Waals surface area contributed by atoms with Crippen LogP contribution in [0.25, 0.3) is 0 Å². The maximum absolute atomic E-state index is 10.4. The van der Waals surface area contributed by atoms with Crippen LogP contribution in [0.3, 0.4) is 0 Å². The largest absolute Gasteiger partial charge is 0.481 e. The van der Waals surface area contributed by atoms with Gasteiger partial charge in [-0.3, -0.25) is 4.79 Å². The van der Waals surface area contributed by atoms with Crippen molar-refractivity contribution in [2.24, 2.45) is 5.92 Å². The molecule has 0 fully saturated rings. The van der Waals surface area contributed by atoms with Gasteiger partial charge in [0.25, 0.3) is 0 Å². The van der Waals surface area contributed by atoms with Crippen molar-refractivity contribution in [3.63, 3.8) is 0 Å². The molecule has 1 N–H and O–H groups in total. The summed E-state index contributed by atoms with van der Waals surface area (Å²) in [6.45, 7) is 4.48. The number of hydrogen-bond donors (Lipinski definition) is 1. The van der Waals surface area contributed by atoms with Crippen LogP contribution >= 0.6 is 15.9 Å². The molecule has 0 aliphatic heterocycles. The molecule has 3 heteroatoms. The van der Waals surface area contributed by atoms with Gasteiger partial charge in [0, 0.05) is 11.2 Å². The molecule has 0 aromatic rings. The smallest absolute Gasteiger partial charge is 0.303 e. The number of halogens is 1. The number of rotatable bonds is 10. The fourth-order valence-corrected chi connectivity index (χ4v) is 2.38. The average Bonchev–Trinajstić information content (AvgIpc) is 2.26. The van der Waals surface area contributed by atoms with E-state index in [0.29, 0.717) is 4.83 Å². The predicted octanol–water partition coefficient (Wildman–Crippen LogP) is 4.61. The Balaban J connectivity index is 3.61. The Labute approximate surface area is 108 Å². The SMILES string of the molecule is CCCCC(CC)CCC(Br)CCC(=O)O. The predicted molar refractivity (Wildman–Crippen MR) is 72.1 cm³/mol. The minimum Gasteiger partial charge on any atom is -0.481 e. The van der Waals surface area contributed by atoms with Gasteiger partial charge in [-0.25, -0.2) is 0 Å². The van der Waals surface area contributed by atoms with E-state index in [9.17, 15) is 4.79 Å². The topological polar surface area (TPSA) is 37.3 Å². The van der Waals surface area contributed by atoms with Gasteiger partial charge in [-0.2, -0.15) is 0 Å². The fourth-order valence-electron chi connectivity index (χ4n) is 1.89. The van der Waals surface area contributed by atoms with Crippen molar-refractivity contribution in [3.05, 3.63) is 0 Å². The van der Waals surface area contributed by atoms with Crippen LogP contribution in [0.15, 0.2) is 0 Å². The Kier molecular flexibility index (Phi) is 10.1. The van der Waals surface area contributed by atoms with Crippen molar-refractivity contribution in [1.82, 2.24) is 0 Å². The van der Waals surface area contributed by atoms with Gasteiger partial charge in [-0.1, -0.05) is 55.5 Å². The number of aliphatic carboxylic acids is 1. The lowest BCUT2D eigenvalue weighted by atomic mass is 9.93. The van der Waals surface area contributed by atoms with Gasteiger partial charge in [-0.15, -0.1) is 0 Å². The minimum absolute atomic E-state index is 0.279. The van der Waals surface area contributed by atoms with Gasteiger partial charge >= 0.3 is 5.97 Å². The van der Waals surface area contributed by atoms with Gasteiger partial charge in [0.05, 0.1) is 0 Å². The van der Waals surface area contributed by atoms with E-state index >= 15 is 0 Å². The monoisotopic (exact) mass is 292 g/mol. The average molecular weight is 293 g/mol. The first kappa shape index (κ1) is 16.0. The Hall–Kier alpha value is -0.0500. The summed E-state index contributed by atoms with van der Waals surface area (Å²) in [5, 5.41) is 8.58. The van der Waals surface area contributed by atoms with E-state index in [-0.39, 0.29) is 6.42 Å². The Morgan fingerprint density at radius 1 is 1.19 bits per heavy atom. The summed E-state index contributed by atoms with van der Waals surface area (Å²) in [6.07, 6.45) is 8.53. The van der Waals surface area contributed by atoms with Crippen LogP contribution in [0.4, 0.5) is 0 Å². The van der Waals surface area contributed by atoms with Gasteiger partial charge < -0.3 is 5.11 Å². The van der Waals surface area contributed by atoms with Gasteiger partial charge in [-0.05, 0) is 25.2 Å². The van der Waals surface area contributed by atoms with E-state index < -0.39 is 5.97 Å². The Morgan fingerprint density at radius 3 is 2.38 bits per heavy atom. The molecule has 2 unspecified atom stereocenters. The zero-order valence-corrected chi connectivity index (χ0v) is 12.1. The summed E-state index contributed by atoms with van der Waals surface area (Å²) in [4.78, 5) is 10.8. The quantitative estimate of drug-likeness (QED) is 0.597. The zero-order valence-electron chi connectivity index (χ0n) is 10.5. The summed E-state index contributed by atoms with van der Waals surface area (Å²) < 4.78 is 0. The highest BCUT2D eigenvalue weighted by Crippen LogP contribution is 2.23. The first-order valence-corrected chi connectivity index (χ1v) is 7.37. The van der Waals surface area contributed by atoms with Crippen molar-refractivity contribution in [1.29, 1.82) is 0 Å². The molecule has 0 aromatic carbocycles. The molecule has 0 aliphatic carbocycles. The standard InChI is InChI=1S/C13H25BrO2/c1-3-5-6-11(4-2)7-8-12(14)9-10-13(15)16/h11-12H,3-10H2,1-2H3,(H,15,16). The molecule has 96 valence electrons. The molecule has 0 aliphatic rings. The molecule has 0 bridgehead atoms. The van der Waals surface area contributed by atoms with Crippen molar-refractivity contribution < 1.29 is 9.90 Å². The molecule has 16 heavy (non-hydrogen) atoms. The summed E-state index contributed by atoms with van der Waals surface area (Å²) in [6, 6.07) is 0. The molecular formula is C13H25BrO2. The van der Waals surface area contributed by atoms with E-state index in [1.165, 1.54) is 32.1 Å². The molecule has 0 aromatic heterocycles. The highest BCUT2D eigenvalue weighted by Gasteiger charge is 2.11. The van der Waals surface area contributed by atoms with Crippen LogP contribution in [0, 0.1) is 5.92 Å². The Morgan fingerprint density at radius 2 is 1.88 bits per heavy atom. The summed E-state index contributed by atoms with van der Waals surface area (Å²) in [5.74, 6) is 0.132. The number of carboxylic acids is 1. The van der Waals surface area contributed by atoms with Crippen LogP contribution in [-0.4, -0.2) is 15.9 Å². The summed E-state index contributed by atoms with van der Waals surface area (Å²) in [5.41, 5.74) is 0. The first-order valence-electron chi connectivity index (χ1n) is 6.45. The maximum Gasteiger partial charge on any atom is 0.303 e. The highest BCUT2D eigenvalue weighted by atomic mass is 79.9. The molecular weight excluding hydrogens is 268 g/mol. The van der Waals surface area contributed by atoms with Crippen molar-refractivity contribution in [3.8, 4) is 0 Å². The van der Waals surface area contributed by atoms with Crippen LogP contribution in [0.5, 0.6) is 0 Å². The van der Waals surface area contributed by atoms with Crippen LogP contribution in [0.1, 0.15) is 65.2 Å². The van der Waals surface area contributed by atoms with Crippen LogP contribution in [0.2, 0.25) is 0 Å². The number of carbonyl (C=O) groups is 1. The second-order valence-electron chi connectivity index (χ2n) is 4.52. The second-order valence-corrected chi connectivity index (χ2v) is 5.82. The molecule has 0 saturated carbocycles. The molecule has 0 radical (unpaired) electrons. The molecule has 0 heterocycles. The minimum atomic E-state index is -0.692. The third kappa shape index (κ3) is 9.20. The number of unbranched alkanes of at least 4 members (excludes halogenated alkanes) is 1. The summed E-state index contributed by atoms with van der Waals surface area (Å²) >= 11 is 3.57. The van der Waals surface area contributed by atoms with E-state index in [2.05, 4.69) is 29.8 Å². The normalized spacial score (nSPS) is 14.7. The molecule has 2 nitrogen and oxygen atoms in total. The number of hydrogen-bond acceptors (Lipinski definition) is 1. The lowest BCUT2D eigenvalue weighted by Gasteiger charge is -2.16. The van der Waals surface area contributed by atoms with Crippen LogP contribution in [-0.2, 0) is 4.79 Å². The molecule has 0 amide bonds. The fraction of sp³-hybridized carbons (Fsp3) is 0.923. The van der Waals surface area contributed by atoms with E-state index in [4.69, 9.17) is 5.11 Å². The molecule has 0 saturated heterocycles. The van der Waals surface area contributed by atoms with E-state index in [0.717, 1.165) is 18.8 Å². The van der Waals surface area contributed by atoms with Crippen LogP contribution < -0.4 is 0 Å². The maximum atomic E-state index is 10.4. The van der Waals surface area contributed by atoms with Gasteiger partial charge in [0.15, 0.2) is 0 Å². The highest BCUT2D eigenvalue weighted by molar-refractivity contribution is 9.09. The van der Waals surface area contributed by atoms with Gasteiger partial charge in [0.1, 0.15) is 0 Å². The van der Waals surface area contributed by atoms with E-state index in [1.807, 2.05) is 0 Å². The number of carboxylic acid groups (broad SMARTS) is 1. The molecule has 2 atom stereocenters. The lowest BCUT2D eigenvalue weighted by molar-refractivity contribution is -0.137. The summed E-state index contributed by atoms with van der Waals surface area (Å²) in [7, 11) is 0. The molecule has 0 spiro atoms. The zero-order chi connectivity index (χ0) is 12.4. The van der Waals surface area contributed by atoms with Crippen molar-refractivity contribution >= 4 is 21.9 Å². The first-order chi connectivity index (χ1) is 7.60. The van der Waals surface area contributed by atoms with Crippen molar-refractivity contribution in [2.75, 3.05) is 0 Å². The van der Waals surface area contributed by atoms with Crippen molar-refractivity contribution in [2.45, 2.75) is 70.0 Å². The third-order valence-electron chi connectivity index (χ3n) is 3.10. The second kappa shape index (κ2) is 10.1. The molecule has 0 rings (SSSR count). The van der Waals surface area contributed by atoms with Gasteiger partial charge in [0.2, 0.25) is 0 Å². The van der Waals surface area contributed by atoms with E-state index in [1.54, 1.807) is 0 Å². The third-order valence-corrected chi connectivity index (χ3v) is 4.02.